The average molecular weight is 507 g/mol. The van der Waals surface area contributed by atoms with Crippen LogP contribution in [0.4, 0.5) is 0 Å². The first-order chi connectivity index (χ1) is 12.3. The van der Waals surface area contributed by atoms with Crippen LogP contribution in [0.2, 0.25) is 0 Å². The van der Waals surface area contributed by atoms with Gasteiger partial charge in [-0.2, -0.15) is 0 Å². The second kappa shape index (κ2) is 10.7. The quantitative estimate of drug-likeness (QED) is 0.302. The van der Waals surface area contributed by atoms with Crippen LogP contribution in [0.5, 0.6) is 0 Å². The summed E-state index contributed by atoms with van der Waals surface area (Å²) < 4.78 is 28.5. The highest BCUT2D eigenvalue weighted by Crippen LogP contribution is 2.17. The van der Waals surface area contributed by atoms with Crippen molar-refractivity contribution in [2.24, 2.45) is 4.99 Å². The van der Waals surface area contributed by atoms with Crippen molar-refractivity contribution in [1.82, 2.24) is 10.6 Å². The molecule has 1 unspecified atom stereocenters. The molecule has 2 rings (SSSR count). The summed E-state index contributed by atoms with van der Waals surface area (Å²) in [6, 6.07) is 8.62. The summed E-state index contributed by atoms with van der Waals surface area (Å²) in [4.78, 5) is 4.80. The van der Waals surface area contributed by atoms with Gasteiger partial charge in [0.05, 0.1) is 24.2 Å². The normalized spacial score (nSPS) is 13.0. The summed E-state index contributed by atoms with van der Waals surface area (Å²) in [5.41, 5.74) is 1.60. The van der Waals surface area contributed by atoms with Crippen LogP contribution < -0.4 is 10.6 Å². The Morgan fingerprint density at radius 1 is 1.30 bits per heavy atom. The van der Waals surface area contributed by atoms with Crippen molar-refractivity contribution in [3.05, 3.63) is 53.5 Å². The number of benzene rings is 1. The lowest BCUT2D eigenvalue weighted by atomic mass is 10.1. The fraction of sp³-hybridized carbons (Fsp3) is 0.389. The van der Waals surface area contributed by atoms with Gasteiger partial charge in [-0.3, -0.25) is 0 Å². The third kappa shape index (κ3) is 7.15. The first-order valence-corrected chi connectivity index (χ1v) is 10.2. The van der Waals surface area contributed by atoms with Gasteiger partial charge in [0.2, 0.25) is 0 Å². The molecule has 0 bridgehead atoms. The lowest BCUT2D eigenvalue weighted by Crippen LogP contribution is -2.39. The number of hydrogen-bond acceptors (Lipinski definition) is 5. The van der Waals surface area contributed by atoms with Crippen LogP contribution in [0.25, 0.3) is 0 Å². The minimum Gasteiger partial charge on any atom is -0.467 e. The highest BCUT2D eigenvalue weighted by atomic mass is 127. The van der Waals surface area contributed by atoms with Crippen molar-refractivity contribution in [1.29, 1.82) is 0 Å². The van der Waals surface area contributed by atoms with Crippen molar-refractivity contribution >= 4 is 39.8 Å². The Hall–Kier alpha value is -1.59. The zero-order valence-electron chi connectivity index (χ0n) is 15.6. The molecule has 1 atom stereocenters. The number of aliphatic hydroxyl groups excluding tert-OH is 1. The minimum atomic E-state index is -3.23. The number of hydrogen-bond donors (Lipinski definition) is 3. The maximum atomic E-state index is 11.7. The Kier molecular flexibility index (Phi) is 9.27. The number of guanidine groups is 1. The number of rotatable bonds is 7. The molecule has 1 aromatic carbocycles. The topological polar surface area (TPSA) is 104 Å². The Labute approximate surface area is 177 Å². The van der Waals surface area contributed by atoms with E-state index in [-0.39, 0.29) is 30.5 Å². The summed E-state index contributed by atoms with van der Waals surface area (Å²) >= 11 is 0. The van der Waals surface area contributed by atoms with Gasteiger partial charge in [0.1, 0.15) is 11.9 Å². The molecule has 0 aliphatic rings. The molecule has 2 aromatic rings. The minimum absolute atomic E-state index is 0. The van der Waals surface area contributed by atoms with Crippen molar-refractivity contribution in [2.45, 2.75) is 31.4 Å². The molecule has 0 aliphatic heterocycles. The van der Waals surface area contributed by atoms with Gasteiger partial charge in [-0.15, -0.1) is 24.0 Å². The molecule has 27 heavy (non-hydrogen) atoms. The Morgan fingerprint density at radius 2 is 2.04 bits per heavy atom. The molecular weight excluding hydrogens is 481 g/mol. The summed E-state index contributed by atoms with van der Waals surface area (Å²) in [6.45, 7) is 5.04. The fourth-order valence-electron chi connectivity index (χ4n) is 2.51. The van der Waals surface area contributed by atoms with E-state index in [1.54, 1.807) is 31.2 Å². The zero-order valence-corrected chi connectivity index (χ0v) is 18.7. The summed E-state index contributed by atoms with van der Waals surface area (Å²) in [5, 5.41) is 16.2. The third-order valence-electron chi connectivity index (χ3n) is 3.74. The first-order valence-electron chi connectivity index (χ1n) is 8.34. The summed E-state index contributed by atoms with van der Waals surface area (Å²) in [7, 11) is -3.23. The maximum Gasteiger partial charge on any atom is 0.191 e. The van der Waals surface area contributed by atoms with Crippen LogP contribution in [0.1, 0.15) is 29.9 Å². The molecule has 150 valence electrons. The standard InChI is InChI=1S/C18H25N3O4S.HI/c1-4-19-18(21-12-15(22)16-6-5-9-25-16)20-11-14-7-8-17(13(2)10-14)26(3,23)24;/h5-10,15,22H,4,11-12H2,1-3H3,(H2,19,20,21);1H. The molecule has 1 aromatic heterocycles. The molecule has 0 amide bonds. The van der Waals surface area contributed by atoms with E-state index in [2.05, 4.69) is 15.6 Å². The lowest BCUT2D eigenvalue weighted by molar-refractivity contribution is 0.153. The monoisotopic (exact) mass is 507 g/mol. The lowest BCUT2D eigenvalue weighted by Gasteiger charge is -2.14. The van der Waals surface area contributed by atoms with E-state index in [1.165, 1.54) is 12.5 Å². The first kappa shape index (κ1) is 23.4. The van der Waals surface area contributed by atoms with Crippen molar-refractivity contribution in [2.75, 3.05) is 19.3 Å². The van der Waals surface area contributed by atoms with Crippen LogP contribution >= 0.6 is 24.0 Å². The summed E-state index contributed by atoms with van der Waals surface area (Å²) in [5.74, 6) is 1.04. The number of aliphatic hydroxyl groups is 1. The van der Waals surface area contributed by atoms with Gasteiger partial charge in [0.15, 0.2) is 15.8 Å². The van der Waals surface area contributed by atoms with Gasteiger partial charge < -0.3 is 20.2 Å². The predicted molar refractivity (Wildman–Crippen MR) is 116 cm³/mol. The molecule has 9 heteroatoms. The van der Waals surface area contributed by atoms with E-state index in [4.69, 9.17) is 4.42 Å². The van der Waals surface area contributed by atoms with Crippen LogP contribution in [0.3, 0.4) is 0 Å². The molecule has 0 saturated heterocycles. The van der Waals surface area contributed by atoms with E-state index in [0.717, 1.165) is 5.56 Å². The van der Waals surface area contributed by atoms with E-state index in [9.17, 15) is 13.5 Å². The van der Waals surface area contributed by atoms with Crippen LogP contribution in [-0.4, -0.2) is 38.8 Å². The number of aliphatic imine (C=N–C) groups is 1. The molecule has 7 nitrogen and oxygen atoms in total. The number of aryl methyl sites for hydroxylation is 1. The van der Waals surface area contributed by atoms with Crippen molar-refractivity contribution in [3.8, 4) is 0 Å². The number of halogens is 1. The average Bonchev–Trinajstić information content (AvgIpc) is 3.10. The maximum absolute atomic E-state index is 11.7. The molecule has 1 heterocycles. The van der Waals surface area contributed by atoms with Gasteiger partial charge >= 0.3 is 0 Å². The van der Waals surface area contributed by atoms with Crippen molar-refractivity contribution in [3.63, 3.8) is 0 Å². The summed E-state index contributed by atoms with van der Waals surface area (Å²) in [6.07, 6.45) is 1.94. The van der Waals surface area contributed by atoms with Gasteiger partial charge in [-0.1, -0.05) is 12.1 Å². The highest BCUT2D eigenvalue weighted by molar-refractivity contribution is 14.0. The van der Waals surface area contributed by atoms with Gasteiger partial charge in [-0.25, -0.2) is 13.4 Å². The molecule has 0 fully saturated rings. The third-order valence-corrected chi connectivity index (χ3v) is 4.99. The van der Waals surface area contributed by atoms with Crippen LogP contribution in [0.15, 0.2) is 50.9 Å². The van der Waals surface area contributed by atoms with E-state index in [0.29, 0.717) is 35.3 Å². The molecular formula is C18H26IN3O4S. The zero-order chi connectivity index (χ0) is 19.2. The molecule has 0 aliphatic carbocycles. The predicted octanol–water partition coefficient (Wildman–Crippen LogP) is 2.40. The number of nitrogens with zero attached hydrogens (tertiary/aromatic N) is 1. The van der Waals surface area contributed by atoms with Gasteiger partial charge in [-0.05, 0) is 43.2 Å². The number of sulfone groups is 1. The molecule has 0 spiro atoms. The molecule has 0 radical (unpaired) electrons. The Bertz CT molecular complexity index is 851. The second-order valence-corrected chi connectivity index (χ2v) is 7.96. The smallest absolute Gasteiger partial charge is 0.191 e. The van der Waals surface area contributed by atoms with Crippen molar-refractivity contribution < 1.29 is 17.9 Å². The fourth-order valence-corrected chi connectivity index (χ4v) is 3.47. The largest absolute Gasteiger partial charge is 0.467 e. The SMILES string of the molecule is CCNC(=NCc1ccc(S(C)(=O)=O)c(C)c1)NCC(O)c1ccco1.I. The van der Waals surface area contributed by atoms with E-state index in [1.807, 2.05) is 13.0 Å². The Morgan fingerprint density at radius 3 is 2.59 bits per heavy atom. The highest BCUT2D eigenvalue weighted by Gasteiger charge is 2.12. The van der Waals surface area contributed by atoms with E-state index < -0.39 is 15.9 Å². The van der Waals surface area contributed by atoms with Crippen LogP contribution in [0, 0.1) is 6.92 Å². The van der Waals surface area contributed by atoms with E-state index >= 15 is 0 Å². The molecule has 3 N–H and O–H groups in total. The van der Waals surface area contributed by atoms with Crippen LogP contribution in [-0.2, 0) is 16.4 Å². The molecule has 0 saturated carbocycles. The number of nitrogens with one attached hydrogen (secondary N) is 2. The van der Waals surface area contributed by atoms with Gasteiger partial charge in [0, 0.05) is 12.8 Å². The second-order valence-electron chi connectivity index (χ2n) is 5.98. The number of furan rings is 1. The van der Waals surface area contributed by atoms with Gasteiger partial charge in [0.25, 0.3) is 0 Å². The Balaban J connectivity index is 0.00000364.